The highest BCUT2D eigenvalue weighted by atomic mass is 32.2. The van der Waals surface area contributed by atoms with Crippen molar-refractivity contribution in [3.63, 3.8) is 0 Å². The number of carbonyl (C=O) groups excluding carboxylic acids is 1. The van der Waals surface area contributed by atoms with E-state index in [1.807, 2.05) is 13.2 Å². The third-order valence-corrected chi connectivity index (χ3v) is 6.45. The fourth-order valence-corrected chi connectivity index (χ4v) is 4.47. The standard InChI is InChI=1S/C17H18N4O3S2/c1-20(11-13-10-18-21(2)12-13)17(22)14-5-7-15(8-6-14)19-26(23,24)16-4-3-9-25-16/h3-10,12,19H,11H2,1-2H3. The summed E-state index contributed by atoms with van der Waals surface area (Å²) in [4.78, 5) is 14.1. The number of nitrogens with one attached hydrogen (secondary N) is 1. The average Bonchev–Trinajstić information content (AvgIpc) is 3.27. The predicted molar refractivity (Wildman–Crippen MR) is 101 cm³/mol. The summed E-state index contributed by atoms with van der Waals surface area (Å²) in [6.45, 7) is 0.444. The maximum atomic E-state index is 12.5. The van der Waals surface area contributed by atoms with Crippen LogP contribution in [0.15, 0.2) is 58.4 Å². The summed E-state index contributed by atoms with van der Waals surface area (Å²) < 4.78 is 28.9. The number of sulfonamides is 1. The molecule has 0 atom stereocenters. The third-order valence-electron chi connectivity index (χ3n) is 3.67. The highest BCUT2D eigenvalue weighted by molar-refractivity contribution is 7.94. The van der Waals surface area contributed by atoms with Gasteiger partial charge < -0.3 is 4.90 Å². The quantitative estimate of drug-likeness (QED) is 0.701. The second kappa shape index (κ2) is 7.30. The van der Waals surface area contributed by atoms with Crippen LogP contribution in [0.25, 0.3) is 0 Å². The number of amides is 1. The predicted octanol–water partition coefficient (Wildman–Crippen LogP) is 2.55. The number of hydrogen-bond acceptors (Lipinski definition) is 5. The molecule has 0 bridgehead atoms. The summed E-state index contributed by atoms with van der Waals surface area (Å²) in [6, 6.07) is 9.59. The first kappa shape index (κ1) is 18.2. The summed E-state index contributed by atoms with van der Waals surface area (Å²) in [6.07, 6.45) is 3.57. The molecular weight excluding hydrogens is 372 g/mol. The van der Waals surface area contributed by atoms with Crippen LogP contribution in [0, 0.1) is 0 Å². The van der Waals surface area contributed by atoms with E-state index < -0.39 is 10.0 Å². The molecule has 0 aliphatic carbocycles. The Kier molecular flexibility index (Phi) is 5.10. The Morgan fingerprint density at radius 1 is 1.27 bits per heavy atom. The molecule has 0 spiro atoms. The van der Waals surface area contributed by atoms with E-state index >= 15 is 0 Å². The summed E-state index contributed by atoms with van der Waals surface area (Å²) in [5.41, 5.74) is 1.82. The van der Waals surface area contributed by atoms with Crippen molar-refractivity contribution < 1.29 is 13.2 Å². The van der Waals surface area contributed by atoms with Gasteiger partial charge in [0.15, 0.2) is 0 Å². The van der Waals surface area contributed by atoms with Crippen molar-refractivity contribution in [1.29, 1.82) is 0 Å². The van der Waals surface area contributed by atoms with Crippen LogP contribution in [0.1, 0.15) is 15.9 Å². The fraction of sp³-hybridized carbons (Fsp3) is 0.176. The molecule has 0 fully saturated rings. The van der Waals surface area contributed by atoms with Crippen molar-refractivity contribution in [2.75, 3.05) is 11.8 Å². The van der Waals surface area contributed by atoms with E-state index in [2.05, 4.69) is 9.82 Å². The molecule has 1 N–H and O–H groups in total. The van der Waals surface area contributed by atoms with Crippen LogP contribution in [0.3, 0.4) is 0 Å². The van der Waals surface area contributed by atoms with E-state index in [9.17, 15) is 13.2 Å². The van der Waals surface area contributed by atoms with Crippen molar-refractivity contribution in [3.8, 4) is 0 Å². The summed E-state index contributed by atoms with van der Waals surface area (Å²) >= 11 is 1.15. The summed E-state index contributed by atoms with van der Waals surface area (Å²) in [5.74, 6) is -0.151. The lowest BCUT2D eigenvalue weighted by molar-refractivity contribution is 0.0785. The molecule has 0 saturated carbocycles. The van der Waals surface area contributed by atoms with Crippen LogP contribution in [-0.2, 0) is 23.6 Å². The van der Waals surface area contributed by atoms with Gasteiger partial charge in [0.2, 0.25) is 0 Å². The van der Waals surface area contributed by atoms with Crippen molar-refractivity contribution in [1.82, 2.24) is 14.7 Å². The maximum absolute atomic E-state index is 12.5. The third kappa shape index (κ3) is 4.12. The molecule has 3 aromatic rings. The number of nitrogens with zero attached hydrogens (tertiary/aromatic N) is 3. The fourth-order valence-electron chi connectivity index (χ4n) is 2.42. The zero-order valence-corrected chi connectivity index (χ0v) is 15.9. The van der Waals surface area contributed by atoms with Gasteiger partial charge in [0.1, 0.15) is 4.21 Å². The number of aryl methyl sites for hydroxylation is 1. The molecule has 1 aromatic carbocycles. The van der Waals surface area contributed by atoms with Gasteiger partial charge in [0.05, 0.1) is 6.20 Å². The van der Waals surface area contributed by atoms with E-state index in [0.29, 0.717) is 17.8 Å². The molecule has 2 aromatic heterocycles. The lowest BCUT2D eigenvalue weighted by Gasteiger charge is -2.16. The normalized spacial score (nSPS) is 11.3. The van der Waals surface area contributed by atoms with E-state index in [1.54, 1.807) is 58.5 Å². The Balaban J connectivity index is 1.68. The van der Waals surface area contributed by atoms with Gasteiger partial charge in [-0.25, -0.2) is 8.42 Å². The zero-order valence-electron chi connectivity index (χ0n) is 14.3. The van der Waals surface area contributed by atoms with Gasteiger partial charge >= 0.3 is 0 Å². The van der Waals surface area contributed by atoms with Gasteiger partial charge in [-0.2, -0.15) is 5.10 Å². The molecule has 0 aliphatic heterocycles. The average molecular weight is 390 g/mol. The largest absolute Gasteiger partial charge is 0.337 e. The van der Waals surface area contributed by atoms with Crippen LogP contribution in [-0.4, -0.2) is 36.1 Å². The second-order valence-corrected chi connectivity index (χ2v) is 8.66. The molecule has 0 saturated heterocycles. The SMILES string of the molecule is CN(Cc1cnn(C)c1)C(=O)c1ccc(NS(=O)(=O)c2cccs2)cc1. The Hall–Kier alpha value is -2.65. The van der Waals surface area contributed by atoms with Gasteiger partial charge in [-0.15, -0.1) is 11.3 Å². The van der Waals surface area contributed by atoms with Gasteiger partial charge in [0, 0.05) is 43.7 Å². The summed E-state index contributed by atoms with van der Waals surface area (Å²) in [5, 5.41) is 5.79. The Morgan fingerprint density at radius 3 is 2.58 bits per heavy atom. The Bertz CT molecular complexity index is 993. The highest BCUT2D eigenvalue weighted by Gasteiger charge is 2.16. The van der Waals surface area contributed by atoms with E-state index in [4.69, 9.17) is 0 Å². The molecular formula is C17H18N4O3S2. The van der Waals surface area contributed by atoms with E-state index in [-0.39, 0.29) is 10.1 Å². The first-order valence-corrected chi connectivity index (χ1v) is 10.1. The minimum absolute atomic E-state index is 0.151. The van der Waals surface area contributed by atoms with Crippen molar-refractivity contribution in [2.45, 2.75) is 10.8 Å². The van der Waals surface area contributed by atoms with Crippen molar-refractivity contribution in [3.05, 3.63) is 65.3 Å². The Morgan fingerprint density at radius 2 is 2.00 bits per heavy atom. The molecule has 7 nitrogen and oxygen atoms in total. The van der Waals surface area contributed by atoms with Crippen LogP contribution >= 0.6 is 11.3 Å². The van der Waals surface area contributed by atoms with E-state index in [1.165, 1.54) is 6.07 Å². The van der Waals surface area contributed by atoms with Gasteiger partial charge in [-0.1, -0.05) is 6.07 Å². The molecule has 136 valence electrons. The molecule has 9 heteroatoms. The number of thiophene rings is 1. The number of aromatic nitrogens is 2. The molecule has 1 amide bonds. The minimum atomic E-state index is -3.59. The first-order chi connectivity index (χ1) is 12.3. The molecule has 2 heterocycles. The lowest BCUT2D eigenvalue weighted by Crippen LogP contribution is -2.26. The van der Waals surface area contributed by atoms with Crippen molar-refractivity contribution in [2.24, 2.45) is 7.05 Å². The van der Waals surface area contributed by atoms with E-state index in [0.717, 1.165) is 16.9 Å². The molecule has 26 heavy (non-hydrogen) atoms. The van der Waals surface area contributed by atoms with Crippen LogP contribution in [0.4, 0.5) is 5.69 Å². The number of rotatable bonds is 6. The summed E-state index contributed by atoms with van der Waals surface area (Å²) in [7, 11) is -0.0621. The van der Waals surface area contributed by atoms with Crippen LogP contribution < -0.4 is 4.72 Å². The lowest BCUT2D eigenvalue weighted by atomic mass is 10.2. The monoisotopic (exact) mass is 390 g/mol. The first-order valence-electron chi connectivity index (χ1n) is 7.74. The van der Waals surface area contributed by atoms with Crippen LogP contribution in [0.5, 0.6) is 0 Å². The maximum Gasteiger partial charge on any atom is 0.271 e. The Labute approximate surface area is 155 Å². The van der Waals surface area contributed by atoms with Gasteiger partial charge in [-0.05, 0) is 35.7 Å². The number of anilines is 1. The number of benzene rings is 1. The highest BCUT2D eigenvalue weighted by Crippen LogP contribution is 2.20. The zero-order chi connectivity index (χ0) is 18.7. The second-order valence-electron chi connectivity index (χ2n) is 5.80. The molecule has 0 aliphatic rings. The topological polar surface area (TPSA) is 84.3 Å². The van der Waals surface area contributed by atoms with Crippen LogP contribution in [0.2, 0.25) is 0 Å². The molecule has 0 unspecified atom stereocenters. The van der Waals surface area contributed by atoms with Gasteiger partial charge in [0.25, 0.3) is 15.9 Å². The van der Waals surface area contributed by atoms with Crippen molar-refractivity contribution >= 4 is 33.0 Å². The number of hydrogen-bond donors (Lipinski definition) is 1. The number of carbonyl (C=O) groups is 1. The molecule has 3 rings (SSSR count). The smallest absolute Gasteiger partial charge is 0.271 e. The van der Waals surface area contributed by atoms with Gasteiger partial charge in [-0.3, -0.25) is 14.2 Å². The minimum Gasteiger partial charge on any atom is -0.337 e. The molecule has 0 radical (unpaired) electrons.